The van der Waals surface area contributed by atoms with Crippen molar-refractivity contribution in [3.8, 4) is 0 Å². The van der Waals surface area contributed by atoms with Crippen molar-refractivity contribution in [2.75, 3.05) is 4.72 Å². The summed E-state index contributed by atoms with van der Waals surface area (Å²) in [4.78, 5) is 13.8. The summed E-state index contributed by atoms with van der Waals surface area (Å²) in [5, 5.41) is 10.6. The number of hydrogen-bond donors (Lipinski definition) is 1. The van der Waals surface area contributed by atoms with Crippen LogP contribution < -0.4 is 4.72 Å². The van der Waals surface area contributed by atoms with Gasteiger partial charge in [0.05, 0.1) is 9.82 Å². The number of non-ortho nitro benzene ring substituents is 1. The number of anilines is 1. The molecule has 3 rings (SSSR count). The van der Waals surface area contributed by atoms with Crippen LogP contribution in [0.15, 0.2) is 57.8 Å². The minimum Gasteiger partial charge on any atom is -0.423 e. The molecule has 1 aromatic heterocycles. The van der Waals surface area contributed by atoms with E-state index in [1.54, 1.807) is 24.3 Å². The number of benzene rings is 2. The second-order valence-electron chi connectivity index (χ2n) is 4.34. The number of oxazole rings is 1. The van der Waals surface area contributed by atoms with E-state index < -0.39 is 14.9 Å². The molecule has 2 aromatic carbocycles. The van der Waals surface area contributed by atoms with Crippen LogP contribution in [0.4, 0.5) is 11.7 Å². The molecule has 112 valence electrons. The number of nitro benzene ring substituents is 1. The van der Waals surface area contributed by atoms with Crippen molar-refractivity contribution in [3.63, 3.8) is 0 Å². The lowest BCUT2D eigenvalue weighted by atomic mass is 10.3. The Labute approximate surface area is 124 Å². The minimum absolute atomic E-state index is 0.125. The van der Waals surface area contributed by atoms with Crippen molar-refractivity contribution in [1.29, 1.82) is 0 Å². The third-order valence-electron chi connectivity index (χ3n) is 2.87. The van der Waals surface area contributed by atoms with Crippen LogP contribution in [0.5, 0.6) is 0 Å². The maximum Gasteiger partial charge on any atom is 0.309 e. The molecule has 0 spiro atoms. The maximum atomic E-state index is 12.2. The summed E-state index contributed by atoms with van der Waals surface area (Å²) in [7, 11) is -3.93. The van der Waals surface area contributed by atoms with Crippen molar-refractivity contribution in [2.45, 2.75) is 4.90 Å². The van der Waals surface area contributed by atoms with Crippen LogP contribution >= 0.6 is 0 Å². The Balaban J connectivity index is 1.90. The van der Waals surface area contributed by atoms with Crippen molar-refractivity contribution in [1.82, 2.24) is 4.98 Å². The Morgan fingerprint density at radius 1 is 1.09 bits per heavy atom. The zero-order valence-electron chi connectivity index (χ0n) is 11.0. The second kappa shape index (κ2) is 5.11. The predicted molar refractivity (Wildman–Crippen MR) is 77.9 cm³/mol. The molecule has 8 nitrogen and oxygen atoms in total. The monoisotopic (exact) mass is 319 g/mol. The van der Waals surface area contributed by atoms with Gasteiger partial charge in [-0.05, 0) is 24.3 Å². The number of nitrogens with one attached hydrogen (secondary N) is 1. The molecule has 9 heteroatoms. The van der Waals surface area contributed by atoms with Crippen molar-refractivity contribution < 1.29 is 17.8 Å². The summed E-state index contributed by atoms with van der Waals surface area (Å²) >= 11 is 0. The van der Waals surface area contributed by atoms with E-state index in [1.165, 1.54) is 0 Å². The van der Waals surface area contributed by atoms with E-state index in [0.29, 0.717) is 11.1 Å². The van der Waals surface area contributed by atoms with Gasteiger partial charge in [0.2, 0.25) is 0 Å². The third kappa shape index (κ3) is 2.61. The molecule has 0 unspecified atom stereocenters. The number of sulfonamides is 1. The Kier molecular flexibility index (Phi) is 3.26. The predicted octanol–water partition coefficient (Wildman–Crippen LogP) is 2.54. The summed E-state index contributed by atoms with van der Waals surface area (Å²) in [5.41, 5.74) is 0.772. The first-order valence-corrected chi connectivity index (χ1v) is 7.57. The van der Waals surface area contributed by atoms with Gasteiger partial charge in [-0.15, -0.1) is 0 Å². The normalized spacial score (nSPS) is 11.5. The Morgan fingerprint density at radius 2 is 1.77 bits per heavy atom. The molecule has 1 heterocycles. The van der Waals surface area contributed by atoms with Crippen LogP contribution in [0.3, 0.4) is 0 Å². The second-order valence-corrected chi connectivity index (χ2v) is 6.03. The lowest BCUT2D eigenvalue weighted by Gasteiger charge is -2.03. The summed E-state index contributed by atoms with van der Waals surface area (Å²) in [6, 6.07) is 11.2. The quantitative estimate of drug-likeness (QED) is 0.583. The zero-order chi connectivity index (χ0) is 15.7. The van der Waals surface area contributed by atoms with Crippen LogP contribution in [0.25, 0.3) is 11.1 Å². The molecule has 0 amide bonds. The number of rotatable bonds is 4. The van der Waals surface area contributed by atoms with Crippen molar-refractivity contribution >= 4 is 32.8 Å². The molecule has 3 aromatic rings. The molecule has 0 aliphatic carbocycles. The highest BCUT2D eigenvalue weighted by molar-refractivity contribution is 7.92. The number of aromatic nitrogens is 1. The smallest absolute Gasteiger partial charge is 0.309 e. The van der Waals surface area contributed by atoms with E-state index in [4.69, 9.17) is 4.42 Å². The van der Waals surface area contributed by atoms with Crippen LogP contribution in [-0.2, 0) is 10.0 Å². The van der Waals surface area contributed by atoms with Gasteiger partial charge in [0.1, 0.15) is 5.52 Å². The topological polar surface area (TPSA) is 115 Å². The van der Waals surface area contributed by atoms with Crippen molar-refractivity contribution in [3.05, 3.63) is 58.6 Å². The van der Waals surface area contributed by atoms with E-state index >= 15 is 0 Å². The average Bonchev–Trinajstić information content (AvgIpc) is 2.88. The number of fused-ring (bicyclic) bond motifs is 1. The molecule has 0 saturated heterocycles. The third-order valence-corrected chi connectivity index (χ3v) is 4.21. The lowest BCUT2D eigenvalue weighted by molar-refractivity contribution is -0.384. The lowest BCUT2D eigenvalue weighted by Crippen LogP contribution is -2.13. The van der Waals surface area contributed by atoms with E-state index in [1.807, 2.05) is 0 Å². The highest BCUT2D eigenvalue weighted by Gasteiger charge is 2.18. The van der Waals surface area contributed by atoms with E-state index in [9.17, 15) is 18.5 Å². The molecule has 0 radical (unpaired) electrons. The van der Waals surface area contributed by atoms with Gasteiger partial charge in [-0.3, -0.25) is 10.1 Å². The van der Waals surface area contributed by atoms with Gasteiger partial charge >= 0.3 is 6.01 Å². The molecule has 0 aliphatic heterocycles. The van der Waals surface area contributed by atoms with Gasteiger partial charge < -0.3 is 4.42 Å². The first kappa shape index (κ1) is 14.0. The summed E-state index contributed by atoms with van der Waals surface area (Å²) in [6.07, 6.45) is 0. The number of nitro groups is 1. The first-order chi connectivity index (χ1) is 10.5. The Bertz CT molecular complexity index is 914. The van der Waals surface area contributed by atoms with Gasteiger partial charge in [0.15, 0.2) is 5.58 Å². The molecule has 0 fully saturated rings. The fraction of sp³-hybridized carbons (Fsp3) is 0. The average molecular weight is 319 g/mol. The van der Waals surface area contributed by atoms with Crippen LogP contribution in [-0.4, -0.2) is 18.3 Å². The van der Waals surface area contributed by atoms with E-state index in [-0.39, 0.29) is 16.6 Å². The molecule has 0 bridgehead atoms. The fourth-order valence-corrected chi connectivity index (χ4v) is 2.77. The molecule has 0 aliphatic rings. The fourth-order valence-electron chi connectivity index (χ4n) is 1.84. The molecule has 0 atom stereocenters. The molecule has 0 saturated carbocycles. The van der Waals surface area contributed by atoms with Gasteiger partial charge in [-0.25, -0.2) is 13.1 Å². The largest absolute Gasteiger partial charge is 0.423 e. The number of nitrogens with zero attached hydrogens (tertiary/aromatic N) is 2. The SMILES string of the molecule is O=[N+]([O-])c1ccc(S(=O)(=O)Nc2nc3ccccc3o2)cc1. The highest BCUT2D eigenvalue weighted by atomic mass is 32.2. The van der Waals surface area contributed by atoms with E-state index in [2.05, 4.69) is 9.71 Å². The number of para-hydroxylation sites is 2. The molecular weight excluding hydrogens is 310 g/mol. The van der Waals surface area contributed by atoms with E-state index in [0.717, 1.165) is 24.3 Å². The summed E-state index contributed by atoms with van der Waals surface area (Å²) in [5.74, 6) is 0. The summed E-state index contributed by atoms with van der Waals surface area (Å²) < 4.78 is 31.8. The first-order valence-electron chi connectivity index (χ1n) is 6.08. The summed E-state index contributed by atoms with van der Waals surface area (Å²) in [6.45, 7) is 0. The Hall–Kier alpha value is -2.94. The van der Waals surface area contributed by atoms with Crippen molar-refractivity contribution in [2.24, 2.45) is 0 Å². The Morgan fingerprint density at radius 3 is 2.41 bits per heavy atom. The molecule has 1 N–H and O–H groups in total. The minimum atomic E-state index is -3.93. The van der Waals surface area contributed by atoms with Gasteiger partial charge in [-0.1, -0.05) is 12.1 Å². The van der Waals surface area contributed by atoms with Crippen LogP contribution in [0.1, 0.15) is 0 Å². The standard InChI is InChI=1S/C13H9N3O5S/c17-16(18)9-5-7-10(8-6-9)22(19,20)15-13-14-11-3-1-2-4-12(11)21-13/h1-8H,(H,14,15). The molecule has 22 heavy (non-hydrogen) atoms. The zero-order valence-corrected chi connectivity index (χ0v) is 11.8. The number of hydrogen-bond acceptors (Lipinski definition) is 6. The van der Waals surface area contributed by atoms with Gasteiger partial charge in [-0.2, -0.15) is 4.98 Å². The molecular formula is C13H9N3O5S. The highest BCUT2D eigenvalue weighted by Crippen LogP contribution is 2.22. The maximum absolute atomic E-state index is 12.2. The van der Waals surface area contributed by atoms with Crippen LogP contribution in [0.2, 0.25) is 0 Å². The van der Waals surface area contributed by atoms with Crippen LogP contribution in [0, 0.1) is 10.1 Å². The van der Waals surface area contributed by atoms with Gasteiger partial charge in [0.25, 0.3) is 15.7 Å². The van der Waals surface area contributed by atoms with Gasteiger partial charge in [0, 0.05) is 12.1 Å².